The Kier molecular flexibility index (Phi) is 4.69. The van der Waals surface area contributed by atoms with Crippen LogP contribution in [0, 0.1) is 5.82 Å². The molecule has 1 N–H and O–H groups in total. The number of carbonyl (C=O) groups is 1. The van der Waals surface area contributed by atoms with Crippen LogP contribution < -0.4 is 5.32 Å². The average Bonchev–Trinajstić information content (AvgIpc) is 2.79. The van der Waals surface area contributed by atoms with Gasteiger partial charge in [-0.1, -0.05) is 41.4 Å². The fourth-order valence-electron chi connectivity index (χ4n) is 2.63. The van der Waals surface area contributed by atoms with Crippen molar-refractivity contribution in [2.75, 3.05) is 5.32 Å². The monoisotopic (exact) mass is 349 g/mol. The summed E-state index contributed by atoms with van der Waals surface area (Å²) in [4.78, 5) is 12.0. The molecule has 1 heterocycles. The lowest BCUT2D eigenvalue weighted by molar-refractivity contribution is -0.110. The molecule has 0 spiro atoms. The summed E-state index contributed by atoms with van der Waals surface area (Å²) in [5.41, 5.74) is 2.79. The van der Waals surface area contributed by atoms with Crippen LogP contribution in [-0.2, 0) is 11.2 Å². The molecular formula is C18H14Cl2FNO. The van der Waals surface area contributed by atoms with Crippen LogP contribution >= 0.6 is 23.2 Å². The molecule has 0 aromatic heterocycles. The van der Waals surface area contributed by atoms with Crippen molar-refractivity contribution in [1.29, 1.82) is 0 Å². The van der Waals surface area contributed by atoms with Gasteiger partial charge in [0.1, 0.15) is 5.82 Å². The van der Waals surface area contributed by atoms with Gasteiger partial charge in [0, 0.05) is 16.2 Å². The zero-order valence-corrected chi connectivity index (χ0v) is 13.7. The number of anilines is 1. The number of halogens is 3. The zero-order chi connectivity index (χ0) is 16.4. The van der Waals surface area contributed by atoms with E-state index in [1.165, 1.54) is 12.1 Å². The van der Waals surface area contributed by atoms with E-state index in [9.17, 15) is 9.18 Å². The Bertz CT molecular complexity index is 802. The molecule has 0 fully saturated rings. The number of hydrogen-bond donors (Lipinski definition) is 1. The molecule has 0 bridgehead atoms. The second-order valence-corrected chi connectivity index (χ2v) is 6.25. The van der Waals surface area contributed by atoms with Crippen LogP contribution in [0.15, 0.2) is 42.5 Å². The predicted molar refractivity (Wildman–Crippen MR) is 92.4 cm³/mol. The topological polar surface area (TPSA) is 29.1 Å². The van der Waals surface area contributed by atoms with Gasteiger partial charge in [-0.15, -0.1) is 0 Å². The number of fused-ring (bicyclic) bond motifs is 1. The summed E-state index contributed by atoms with van der Waals surface area (Å²) in [5.74, 6) is -0.740. The molecule has 0 atom stereocenters. The van der Waals surface area contributed by atoms with Crippen LogP contribution in [-0.4, -0.2) is 5.91 Å². The van der Waals surface area contributed by atoms with Crippen LogP contribution in [0.3, 0.4) is 0 Å². The zero-order valence-electron chi connectivity index (χ0n) is 12.2. The van der Waals surface area contributed by atoms with Gasteiger partial charge in [0.05, 0.1) is 10.7 Å². The number of nitrogens with one attached hydrogen (secondary N) is 1. The Morgan fingerprint density at radius 2 is 2.00 bits per heavy atom. The molecule has 2 aromatic carbocycles. The summed E-state index contributed by atoms with van der Waals surface area (Å²) >= 11 is 11.7. The summed E-state index contributed by atoms with van der Waals surface area (Å²) in [6, 6.07) is 10.5. The van der Waals surface area contributed by atoms with E-state index < -0.39 is 5.82 Å². The Balaban J connectivity index is 1.69. The highest BCUT2D eigenvalue weighted by Gasteiger charge is 2.25. The van der Waals surface area contributed by atoms with E-state index in [-0.39, 0.29) is 10.9 Å². The number of amides is 1. The van der Waals surface area contributed by atoms with Crippen molar-refractivity contribution >= 4 is 40.4 Å². The fraction of sp³-hybridized carbons (Fsp3) is 0.167. The number of unbranched alkanes of at least 4 members (excludes halogenated alkanes) is 1. The second kappa shape index (κ2) is 6.73. The molecular weight excluding hydrogens is 336 g/mol. The van der Waals surface area contributed by atoms with Crippen LogP contribution in [0.5, 0.6) is 0 Å². The number of allylic oxidation sites excluding steroid dienone is 1. The van der Waals surface area contributed by atoms with Gasteiger partial charge in [-0.25, -0.2) is 4.39 Å². The molecule has 0 saturated carbocycles. The van der Waals surface area contributed by atoms with Gasteiger partial charge in [0.15, 0.2) is 0 Å². The van der Waals surface area contributed by atoms with E-state index in [1.54, 1.807) is 0 Å². The van der Waals surface area contributed by atoms with E-state index in [4.69, 9.17) is 23.2 Å². The highest BCUT2D eigenvalue weighted by Crippen LogP contribution is 2.35. The minimum atomic E-state index is -0.522. The van der Waals surface area contributed by atoms with Crippen LogP contribution in [0.1, 0.15) is 24.0 Å². The van der Waals surface area contributed by atoms with Gasteiger partial charge in [-0.3, -0.25) is 4.79 Å². The second-order valence-electron chi connectivity index (χ2n) is 5.41. The van der Waals surface area contributed by atoms with Crippen molar-refractivity contribution < 1.29 is 9.18 Å². The summed E-state index contributed by atoms with van der Waals surface area (Å²) in [6.45, 7) is 0. The summed E-state index contributed by atoms with van der Waals surface area (Å²) in [7, 11) is 0. The first-order valence-corrected chi connectivity index (χ1v) is 8.05. The van der Waals surface area contributed by atoms with Crippen molar-refractivity contribution in [3.05, 3.63) is 69.5 Å². The van der Waals surface area contributed by atoms with Gasteiger partial charge >= 0.3 is 0 Å². The summed E-state index contributed by atoms with van der Waals surface area (Å²) < 4.78 is 13.6. The molecule has 23 heavy (non-hydrogen) atoms. The molecule has 0 aliphatic carbocycles. The lowest BCUT2D eigenvalue weighted by Crippen LogP contribution is -2.03. The number of rotatable bonds is 4. The molecule has 118 valence electrons. The molecule has 1 amide bonds. The minimum Gasteiger partial charge on any atom is -0.321 e. The highest BCUT2D eigenvalue weighted by atomic mass is 35.5. The first-order valence-electron chi connectivity index (χ1n) is 7.30. The minimum absolute atomic E-state index is 0.00579. The maximum absolute atomic E-state index is 13.6. The Morgan fingerprint density at radius 1 is 1.17 bits per heavy atom. The van der Waals surface area contributed by atoms with Gasteiger partial charge in [-0.2, -0.15) is 0 Å². The van der Waals surface area contributed by atoms with Gasteiger partial charge in [-0.05, 0) is 49.1 Å². The third kappa shape index (κ3) is 3.57. The fourth-order valence-corrected chi connectivity index (χ4v) is 3.01. The van der Waals surface area contributed by atoms with Crippen LogP contribution in [0.25, 0.3) is 5.57 Å². The average molecular weight is 350 g/mol. The Labute approximate surface area is 143 Å². The maximum Gasteiger partial charge on any atom is 0.256 e. The molecule has 1 aliphatic heterocycles. The highest BCUT2D eigenvalue weighted by molar-refractivity contribution is 6.34. The number of carbonyl (C=O) groups excluding carboxylic acids is 1. The summed E-state index contributed by atoms with van der Waals surface area (Å²) in [6.07, 6.45) is 4.31. The summed E-state index contributed by atoms with van der Waals surface area (Å²) in [5, 5.41) is 3.43. The predicted octanol–water partition coefficient (Wildman–Crippen LogP) is 5.49. The van der Waals surface area contributed by atoms with E-state index in [0.717, 1.165) is 29.8 Å². The van der Waals surface area contributed by atoms with E-state index in [1.807, 2.05) is 30.3 Å². The Morgan fingerprint density at radius 3 is 2.78 bits per heavy atom. The quantitative estimate of drug-likeness (QED) is 0.573. The molecule has 3 rings (SSSR count). The van der Waals surface area contributed by atoms with Gasteiger partial charge < -0.3 is 5.32 Å². The van der Waals surface area contributed by atoms with E-state index >= 15 is 0 Å². The molecule has 1 aliphatic rings. The third-order valence-corrected chi connectivity index (χ3v) is 4.28. The third-order valence-electron chi connectivity index (χ3n) is 3.75. The van der Waals surface area contributed by atoms with Crippen molar-refractivity contribution in [1.82, 2.24) is 0 Å². The first kappa shape index (κ1) is 16.0. The van der Waals surface area contributed by atoms with Gasteiger partial charge in [0.2, 0.25) is 0 Å². The van der Waals surface area contributed by atoms with Crippen molar-refractivity contribution in [2.45, 2.75) is 19.3 Å². The number of hydrogen-bond acceptors (Lipinski definition) is 1. The lowest BCUT2D eigenvalue weighted by atomic mass is 10.0. The molecule has 0 radical (unpaired) electrons. The first-order chi connectivity index (χ1) is 11.0. The molecule has 5 heteroatoms. The lowest BCUT2D eigenvalue weighted by Gasteiger charge is -2.02. The molecule has 2 aromatic rings. The van der Waals surface area contributed by atoms with Crippen molar-refractivity contribution in [2.24, 2.45) is 0 Å². The number of benzene rings is 2. The molecule has 0 saturated heterocycles. The smallest absolute Gasteiger partial charge is 0.256 e. The van der Waals surface area contributed by atoms with E-state index in [0.29, 0.717) is 16.8 Å². The largest absolute Gasteiger partial charge is 0.321 e. The van der Waals surface area contributed by atoms with Crippen molar-refractivity contribution in [3.63, 3.8) is 0 Å². The SMILES string of the molecule is O=C1Nc2cc(Cl)c(F)cc2/C1=C\CCCc1cccc(Cl)c1. The van der Waals surface area contributed by atoms with Gasteiger partial charge in [0.25, 0.3) is 5.91 Å². The van der Waals surface area contributed by atoms with E-state index in [2.05, 4.69) is 5.32 Å². The number of aryl methyl sites for hydroxylation is 1. The van der Waals surface area contributed by atoms with Crippen LogP contribution in [0.4, 0.5) is 10.1 Å². The Hall–Kier alpha value is -1.84. The maximum atomic E-state index is 13.6. The molecule has 0 unspecified atom stereocenters. The van der Waals surface area contributed by atoms with Crippen LogP contribution in [0.2, 0.25) is 10.0 Å². The molecule has 2 nitrogen and oxygen atoms in total. The standard InChI is InChI=1S/C18H14Cl2FNO/c19-12-6-3-5-11(8-12)4-1-2-7-13-14-9-16(21)15(20)10-17(14)22-18(13)23/h3,5-10H,1-2,4H2,(H,22,23)/b13-7+. The van der Waals surface area contributed by atoms with Crippen molar-refractivity contribution in [3.8, 4) is 0 Å². The normalized spacial score (nSPS) is 14.9.